The third-order valence-electron chi connectivity index (χ3n) is 8.28. The number of hydrogen-bond acceptors (Lipinski definition) is 5. The summed E-state index contributed by atoms with van der Waals surface area (Å²) < 4.78 is 6.18. The van der Waals surface area contributed by atoms with Crippen LogP contribution in [-0.2, 0) is 49.8 Å². The number of benzene rings is 3. The molecule has 0 fully saturated rings. The minimum Gasteiger partial charge on any atom is -0.372 e. The largest absolute Gasteiger partial charge is 0.372 e. The highest BCUT2D eigenvalue weighted by molar-refractivity contribution is 6.04. The van der Waals surface area contributed by atoms with Crippen LogP contribution in [0, 0.1) is 0 Å². The maximum atomic E-state index is 13.7. The number of ether oxygens (including phenoxy) is 1. The molecule has 0 unspecified atom stereocenters. The van der Waals surface area contributed by atoms with E-state index in [0.717, 1.165) is 51.9 Å². The first kappa shape index (κ1) is 30.0. The molecule has 0 aliphatic carbocycles. The first-order valence-electron chi connectivity index (χ1n) is 14.8. The molecule has 43 heavy (non-hydrogen) atoms. The Labute approximate surface area is 251 Å². The van der Waals surface area contributed by atoms with Gasteiger partial charge in [-0.3, -0.25) is 24.1 Å². The van der Waals surface area contributed by atoms with Gasteiger partial charge in [-0.25, -0.2) is 0 Å². The summed E-state index contributed by atoms with van der Waals surface area (Å²) in [6.45, 7) is 2.16. The lowest BCUT2D eigenvalue weighted by Crippen LogP contribution is -2.53. The van der Waals surface area contributed by atoms with Gasteiger partial charge in [0.2, 0.25) is 23.6 Å². The molecule has 4 amide bonds. The average Bonchev–Trinajstić information content (AvgIpc) is 3.30. The molecule has 0 saturated carbocycles. The third-order valence-corrected chi connectivity index (χ3v) is 8.28. The molecule has 3 atom stereocenters. The van der Waals surface area contributed by atoms with E-state index in [2.05, 4.69) is 5.32 Å². The van der Waals surface area contributed by atoms with Gasteiger partial charge in [-0.05, 0) is 59.6 Å². The van der Waals surface area contributed by atoms with Crippen molar-refractivity contribution in [2.24, 2.45) is 11.5 Å². The molecular formula is C34H38N4O5. The van der Waals surface area contributed by atoms with Crippen molar-refractivity contribution in [2.45, 2.75) is 76.7 Å². The van der Waals surface area contributed by atoms with Gasteiger partial charge < -0.3 is 21.5 Å². The van der Waals surface area contributed by atoms with Gasteiger partial charge in [0.15, 0.2) is 0 Å². The molecule has 3 aromatic carbocycles. The summed E-state index contributed by atoms with van der Waals surface area (Å²) in [5.74, 6) is -1.13. The second-order valence-electron chi connectivity index (χ2n) is 11.4. The van der Waals surface area contributed by atoms with Gasteiger partial charge in [-0.1, -0.05) is 66.7 Å². The second-order valence-corrected chi connectivity index (χ2v) is 11.4. The van der Waals surface area contributed by atoms with E-state index in [9.17, 15) is 19.2 Å². The number of hydrogen-bond donors (Lipinski definition) is 3. The molecule has 3 aromatic rings. The zero-order valence-electron chi connectivity index (χ0n) is 24.4. The average molecular weight is 583 g/mol. The molecule has 5 rings (SSSR count). The van der Waals surface area contributed by atoms with Crippen LogP contribution in [0.25, 0.3) is 11.1 Å². The van der Waals surface area contributed by atoms with Crippen molar-refractivity contribution in [1.82, 2.24) is 5.32 Å². The van der Waals surface area contributed by atoms with Crippen LogP contribution in [0.3, 0.4) is 0 Å². The summed E-state index contributed by atoms with van der Waals surface area (Å²) >= 11 is 0. The van der Waals surface area contributed by atoms with Gasteiger partial charge in [-0.2, -0.15) is 0 Å². The molecule has 224 valence electrons. The van der Waals surface area contributed by atoms with Crippen LogP contribution in [0.15, 0.2) is 66.7 Å². The van der Waals surface area contributed by atoms with E-state index in [-0.39, 0.29) is 30.6 Å². The molecular weight excluding hydrogens is 544 g/mol. The molecule has 0 bridgehead atoms. The SMILES string of the molecule is C[C@@H](OCc1ccc(-c2cccc(CC(N)=O)c2)cc1)[C@H](CCC(N)=O)NC(=O)[C@@H]1Cc2cccc3c2N1C(=O)CCC3. The van der Waals surface area contributed by atoms with Crippen LogP contribution >= 0.6 is 0 Å². The molecule has 0 aromatic heterocycles. The van der Waals surface area contributed by atoms with Crippen molar-refractivity contribution in [3.63, 3.8) is 0 Å². The van der Waals surface area contributed by atoms with Crippen LogP contribution in [0.4, 0.5) is 5.69 Å². The first-order chi connectivity index (χ1) is 20.7. The van der Waals surface area contributed by atoms with E-state index >= 15 is 0 Å². The standard InChI is InChI=1S/C34H38N4O5/c1-21(43-20-22-11-13-24(14-12-22)26-8-2-5-23(17-26)18-31(36)40)28(15-16-30(35)39)37-34(42)29-19-27-9-3-6-25-7-4-10-32(41)38(29)33(25)27/h2-3,5-6,8-9,11-14,17,21,28-29H,4,7,10,15-16,18-20H2,1H3,(H2,35,39)(H2,36,40)(H,37,42)/t21-,28+,29+/m1/s1. The van der Waals surface area contributed by atoms with Crippen molar-refractivity contribution >= 4 is 29.3 Å². The minimum absolute atomic E-state index is 0.0372. The third kappa shape index (κ3) is 7.11. The van der Waals surface area contributed by atoms with Crippen molar-refractivity contribution in [1.29, 1.82) is 0 Å². The number of aryl methyl sites for hydroxylation is 1. The fraction of sp³-hybridized carbons (Fsp3) is 0.353. The lowest BCUT2D eigenvalue weighted by Gasteiger charge is -2.29. The van der Waals surface area contributed by atoms with Gasteiger partial charge in [0.25, 0.3) is 0 Å². The molecule has 0 spiro atoms. The number of amides is 4. The first-order valence-corrected chi connectivity index (χ1v) is 14.8. The summed E-state index contributed by atoms with van der Waals surface area (Å²) in [6.07, 6.45) is 2.61. The summed E-state index contributed by atoms with van der Waals surface area (Å²) in [5.41, 5.74) is 17.6. The van der Waals surface area contributed by atoms with E-state index in [4.69, 9.17) is 16.2 Å². The number of nitrogens with zero attached hydrogens (tertiary/aromatic N) is 1. The Morgan fingerprint density at radius 3 is 2.42 bits per heavy atom. The zero-order chi connectivity index (χ0) is 30.5. The number of para-hydroxylation sites is 1. The topological polar surface area (TPSA) is 145 Å². The summed E-state index contributed by atoms with van der Waals surface area (Å²) in [4.78, 5) is 51.3. The Bertz CT molecular complexity index is 1520. The predicted molar refractivity (Wildman–Crippen MR) is 164 cm³/mol. The van der Waals surface area contributed by atoms with Crippen molar-refractivity contribution in [2.75, 3.05) is 4.90 Å². The number of nitrogens with two attached hydrogens (primary N) is 2. The number of anilines is 1. The van der Waals surface area contributed by atoms with Gasteiger partial charge in [0, 0.05) is 19.3 Å². The van der Waals surface area contributed by atoms with Crippen LogP contribution in [0.1, 0.15) is 54.9 Å². The number of nitrogens with one attached hydrogen (secondary N) is 1. The van der Waals surface area contributed by atoms with Crippen molar-refractivity contribution in [3.8, 4) is 11.1 Å². The Balaban J connectivity index is 1.24. The highest BCUT2D eigenvalue weighted by atomic mass is 16.5. The molecule has 9 nitrogen and oxygen atoms in total. The van der Waals surface area contributed by atoms with E-state index in [1.165, 1.54) is 0 Å². The maximum Gasteiger partial charge on any atom is 0.243 e. The maximum absolute atomic E-state index is 13.7. The smallest absolute Gasteiger partial charge is 0.243 e. The molecule has 2 aliphatic rings. The Kier molecular flexibility index (Phi) is 9.21. The molecule has 9 heteroatoms. The van der Waals surface area contributed by atoms with Crippen molar-refractivity contribution < 1.29 is 23.9 Å². The van der Waals surface area contributed by atoms with Crippen LogP contribution in [0.2, 0.25) is 0 Å². The molecule has 2 heterocycles. The minimum atomic E-state index is -0.640. The normalized spacial score (nSPS) is 17.1. The fourth-order valence-electron chi connectivity index (χ4n) is 6.04. The number of carbonyl (C=O) groups is 4. The molecule has 5 N–H and O–H groups in total. The summed E-state index contributed by atoms with van der Waals surface area (Å²) in [6, 6.07) is 20.5. The van der Waals surface area contributed by atoms with Gasteiger partial charge >= 0.3 is 0 Å². The Morgan fingerprint density at radius 2 is 1.67 bits per heavy atom. The number of rotatable bonds is 12. The van der Waals surface area contributed by atoms with Crippen molar-refractivity contribution in [3.05, 3.63) is 89.0 Å². The molecule has 2 aliphatic heterocycles. The van der Waals surface area contributed by atoms with Gasteiger partial charge in [0.05, 0.1) is 30.9 Å². The Hall–Kier alpha value is -4.50. The highest BCUT2D eigenvalue weighted by Crippen LogP contribution is 2.39. The van der Waals surface area contributed by atoms with Crippen LogP contribution in [-0.4, -0.2) is 41.8 Å². The summed E-state index contributed by atoms with van der Waals surface area (Å²) in [5, 5.41) is 3.08. The molecule has 0 radical (unpaired) electrons. The van der Waals surface area contributed by atoms with E-state index in [1.54, 1.807) is 4.90 Å². The van der Waals surface area contributed by atoms with Crippen LogP contribution in [0.5, 0.6) is 0 Å². The lowest BCUT2D eigenvalue weighted by atomic mass is 10.0. The van der Waals surface area contributed by atoms with Gasteiger partial charge in [-0.15, -0.1) is 0 Å². The quantitative estimate of drug-likeness (QED) is 0.300. The fourth-order valence-corrected chi connectivity index (χ4v) is 6.04. The summed E-state index contributed by atoms with van der Waals surface area (Å²) in [7, 11) is 0. The number of carbonyl (C=O) groups excluding carboxylic acids is 4. The second kappa shape index (κ2) is 13.2. The number of primary amides is 2. The predicted octanol–water partition coefficient (Wildman–Crippen LogP) is 3.33. The van der Waals surface area contributed by atoms with E-state index in [1.807, 2.05) is 73.7 Å². The zero-order valence-corrected chi connectivity index (χ0v) is 24.4. The lowest BCUT2D eigenvalue weighted by molar-refractivity contribution is -0.128. The monoisotopic (exact) mass is 582 g/mol. The van der Waals surface area contributed by atoms with Gasteiger partial charge in [0.1, 0.15) is 6.04 Å². The molecule has 0 saturated heterocycles. The van der Waals surface area contributed by atoms with E-state index in [0.29, 0.717) is 25.9 Å². The Morgan fingerprint density at radius 1 is 0.930 bits per heavy atom. The van der Waals surface area contributed by atoms with E-state index < -0.39 is 24.1 Å². The van der Waals surface area contributed by atoms with Crippen LogP contribution < -0.4 is 21.7 Å². The highest BCUT2D eigenvalue weighted by Gasteiger charge is 2.41.